The van der Waals surface area contributed by atoms with E-state index in [0.717, 1.165) is 9.91 Å². The number of halogens is 3. The lowest BCUT2D eigenvalue weighted by molar-refractivity contribution is -0.174. The fourth-order valence-corrected chi connectivity index (χ4v) is 7.19. The highest BCUT2D eigenvalue weighted by Gasteiger charge is 2.54. The van der Waals surface area contributed by atoms with Crippen molar-refractivity contribution in [1.82, 2.24) is 29.8 Å². The number of carboxylic acids is 1. The summed E-state index contributed by atoms with van der Waals surface area (Å²) in [5.41, 5.74) is 10.6. The van der Waals surface area contributed by atoms with Crippen molar-refractivity contribution in [1.29, 1.82) is 0 Å². The molecule has 1 fully saturated rings. The predicted molar refractivity (Wildman–Crippen MR) is 136 cm³/mol. The lowest BCUT2D eigenvalue weighted by Crippen LogP contribution is -2.71. The first kappa shape index (κ1) is 29.0. The Morgan fingerprint density at radius 1 is 1.33 bits per heavy atom. The van der Waals surface area contributed by atoms with E-state index in [4.69, 9.17) is 11.5 Å². The number of oxime groups is 1. The summed E-state index contributed by atoms with van der Waals surface area (Å²) in [5.74, 6) is -3.05. The molecular weight excluding hydrogens is 608 g/mol. The SMILES string of the molecule is NCCc1nnc(SCC2=C(C(=O)O)N3C(=O)C(NC(=O)C(=NOCC(F)(F)F)c4nsc(N)n4)[C@@H]3SC2)s1. The molecule has 2 amide bonds. The Bertz CT molecular complexity index is 1330. The second-order valence-electron chi connectivity index (χ2n) is 7.69. The van der Waals surface area contributed by atoms with Gasteiger partial charge in [-0.25, -0.2) is 4.79 Å². The molecule has 2 aromatic rings. The first-order chi connectivity index (χ1) is 18.5. The number of rotatable bonds is 11. The van der Waals surface area contributed by atoms with Crippen LogP contribution in [0.15, 0.2) is 20.8 Å². The minimum atomic E-state index is -4.72. The van der Waals surface area contributed by atoms with Crippen molar-refractivity contribution in [2.24, 2.45) is 10.9 Å². The van der Waals surface area contributed by atoms with Gasteiger partial charge >= 0.3 is 12.1 Å². The third-order valence-electron chi connectivity index (χ3n) is 4.97. The summed E-state index contributed by atoms with van der Waals surface area (Å²) in [5, 5.41) is 23.4. The highest BCUT2D eigenvalue weighted by molar-refractivity contribution is 8.01. The third-order valence-corrected chi connectivity index (χ3v) is 9.05. The molecule has 14 nitrogen and oxygen atoms in total. The Hall–Kier alpha value is -3.01. The second kappa shape index (κ2) is 12.0. The molecule has 1 unspecified atom stereocenters. The maximum absolute atomic E-state index is 12.9. The van der Waals surface area contributed by atoms with Gasteiger partial charge in [0.05, 0.1) is 0 Å². The largest absolute Gasteiger partial charge is 0.477 e. The van der Waals surface area contributed by atoms with Crippen molar-refractivity contribution in [2.75, 3.05) is 30.4 Å². The van der Waals surface area contributed by atoms with E-state index in [1.165, 1.54) is 34.9 Å². The number of amides is 2. The molecule has 6 N–H and O–H groups in total. The Morgan fingerprint density at radius 3 is 2.74 bits per heavy atom. The van der Waals surface area contributed by atoms with Crippen LogP contribution in [0.2, 0.25) is 0 Å². The van der Waals surface area contributed by atoms with Crippen LogP contribution in [0.1, 0.15) is 10.8 Å². The number of nitrogens with zero attached hydrogens (tertiary/aromatic N) is 6. The molecule has 0 saturated carbocycles. The molecule has 0 aliphatic carbocycles. The number of anilines is 1. The number of hydrogen-bond donors (Lipinski definition) is 4. The number of thioether (sulfide) groups is 2. The number of nitrogen functional groups attached to an aromatic ring is 1. The number of carbonyl (C=O) groups is 3. The topological polar surface area (TPSA) is 212 Å². The molecule has 39 heavy (non-hydrogen) atoms. The molecule has 0 bridgehead atoms. The summed E-state index contributed by atoms with van der Waals surface area (Å²) in [6.45, 7) is -1.36. The zero-order valence-electron chi connectivity index (χ0n) is 19.4. The van der Waals surface area contributed by atoms with Gasteiger partial charge < -0.3 is 26.7 Å². The van der Waals surface area contributed by atoms with Gasteiger partial charge in [-0.3, -0.25) is 14.5 Å². The van der Waals surface area contributed by atoms with Crippen molar-refractivity contribution in [3.05, 3.63) is 22.1 Å². The highest BCUT2D eigenvalue weighted by atomic mass is 32.2. The Balaban J connectivity index is 1.47. The molecule has 0 aromatic carbocycles. The lowest BCUT2D eigenvalue weighted by atomic mass is 10.0. The van der Waals surface area contributed by atoms with E-state index in [-0.39, 0.29) is 22.3 Å². The standard InChI is InChI=1S/C18H18F3N9O5S4/c19-18(20,21)5-35-28-8(11-25-16(23)39-29-11)12(31)24-9-13(32)30-10(15(33)34)6(3-36-14(9)30)4-37-17-27-26-7(38-17)1-2-22/h9,14H,1-5,22H2,(H,24,31)(H,33,34)(H2,23,25,29)/t9?,14-/m0/s1. The zero-order chi connectivity index (χ0) is 28.3. The van der Waals surface area contributed by atoms with E-state index in [2.05, 4.69) is 34.9 Å². The summed E-state index contributed by atoms with van der Waals surface area (Å²) >= 11 is 4.50. The molecule has 4 heterocycles. The van der Waals surface area contributed by atoms with Crippen molar-refractivity contribution < 1.29 is 37.5 Å². The molecule has 210 valence electrons. The van der Waals surface area contributed by atoms with E-state index in [1.54, 1.807) is 0 Å². The highest BCUT2D eigenvalue weighted by Crippen LogP contribution is 2.41. The lowest BCUT2D eigenvalue weighted by Gasteiger charge is -2.49. The summed E-state index contributed by atoms with van der Waals surface area (Å²) in [7, 11) is 0. The zero-order valence-corrected chi connectivity index (χ0v) is 22.6. The monoisotopic (exact) mass is 625 g/mol. The summed E-state index contributed by atoms with van der Waals surface area (Å²) in [6.07, 6.45) is -4.15. The van der Waals surface area contributed by atoms with E-state index in [9.17, 15) is 32.7 Å². The van der Waals surface area contributed by atoms with Gasteiger partial charge in [0.15, 0.2) is 9.47 Å². The second-order valence-corrected chi connectivity index (χ2v) is 11.9. The van der Waals surface area contributed by atoms with Gasteiger partial charge in [0.1, 0.15) is 22.1 Å². The van der Waals surface area contributed by atoms with Gasteiger partial charge in [-0.1, -0.05) is 28.3 Å². The summed E-state index contributed by atoms with van der Waals surface area (Å²) < 4.78 is 41.8. The van der Waals surface area contributed by atoms with Crippen LogP contribution in [-0.4, -0.2) is 95.3 Å². The van der Waals surface area contributed by atoms with Crippen molar-refractivity contribution in [2.45, 2.75) is 28.4 Å². The first-order valence-electron chi connectivity index (χ1n) is 10.7. The van der Waals surface area contributed by atoms with Gasteiger partial charge in [0.2, 0.25) is 18.1 Å². The Morgan fingerprint density at radius 2 is 2.10 bits per heavy atom. The number of nitrogens with two attached hydrogens (primary N) is 2. The van der Waals surface area contributed by atoms with Gasteiger partial charge in [-0.15, -0.1) is 22.0 Å². The Labute approximate surface area is 233 Å². The van der Waals surface area contributed by atoms with E-state index >= 15 is 0 Å². The van der Waals surface area contributed by atoms with Crippen LogP contribution in [0, 0.1) is 0 Å². The maximum Gasteiger partial charge on any atom is 0.425 e. The number of fused-ring (bicyclic) bond motifs is 1. The smallest absolute Gasteiger partial charge is 0.425 e. The number of hydrogen-bond acceptors (Lipinski definition) is 15. The van der Waals surface area contributed by atoms with Crippen LogP contribution in [-0.2, 0) is 25.6 Å². The molecule has 0 spiro atoms. The number of aliphatic carboxylic acids is 1. The van der Waals surface area contributed by atoms with Crippen LogP contribution in [0.3, 0.4) is 0 Å². The molecule has 4 rings (SSSR count). The average Bonchev–Trinajstić information content (AvgIpc) is 3.51. The minimum absolute atomic E-state index is 0.0826. The Kier molecular flexibility index (Phi) is 8.93. The average molecular weight is 626 g/mol. The van der Waals surface area contributed by atoms with Crippen LogP contribution >= 0.6 is 46.4 Å². The number of β-lactam (4-membered cyclic amide) rings is 1. The van der Waals surface area contributed by atoms with E-state index in [0.29, 0.717) is 34.4 Å². The first-order valence-corrected chi connectivity index (χ1v) is 14.3. The van der Waals surface area contributed by atoms with Crippen molar-refractivity contribution >= 4 is 75.0 Å². The molecule has 2 aromatic heterocycles. The molecule has 2 atom stereocenters. The van der Waals surface area contributed by atoms with Crippen molar-refractivity contribution in [3.63, 3.8) is 0 Å². The fraction of sp³-hybridized carbons (Fsp3) is 0.444. The molecule has 2 aliphatic heterocycles. The number of alkyl halides is 3. The normalized spacial score (nSPS) is 19.5. The summed E-state index contributed by atoms with van der Waals surface area (Å²) in [4.78, 5) is 46.9. The molecule has 0 radical (unpaired) electrons. The van der Waals surface area contributed by atoms with Gasteiger partial charge in [-0.2, -0.15) is 22.5 Å². The maximum atomic E-state index is 12.9. The quantitative estimate of drug-likeness (QED) is 0.115. The number of nitrogens with one attached hydrogen (secondary N) is 1. The number of carboxylic acid groups (broad SMARTS) is 1. The summed E-state index contributed by atoms with van der Waals surface area (Å²) in [6, 6.07) is -1.18. The van der Waals surface area contributed by atoms with E-state index in [1.807, 2.05) is 0 Å². The molecular formula is C18H18F3N9O5S4. The van der Waals surface area contributed by atoms with Gasteiger partial charge in [0, 0.05) is 29.5 Å². The van der Waals surface area contributed by atoms with E-state index < -0.39 is 53.5 Å². The fourth-order valence-electron chi connectivity index (χ4n) is 3.36. The van der Waals surface area contributed by atoms with Crippen molar-refractivity contribution in [3.8, 4) is 0 Å². The molecule has 1 saturated heterocycles. The van der Waals surface area contributed by atoms with Gasteiger partial charge in [0.25, 0.3) is 11.8 Å². The van der Waals surface area contributed by atoms with Crippen LogP contribution in [0.25, 0.3) is 0 Å². The van der Waals surface area contributed by atoms with Gasteiger partial charge in [-0.05, 0) is 12.1 Å². The molecule has 2 aliphatic rings. The minimum Gasteiger partial charge on any atom is -0.477 e. The van der Waals surface area contributed by atoms with Crippen LogP contribution in [0.4, 0.5) is 18.3 Å². The predicted octanol–water partition coefficient (Wildman–Crippen LogP) is 0.287. The number of carbonyl (C=O) groups excluding carboxylic acids is 2. The molecule has 21 heteroatoms. The number of aromatic nitrogens is 4. The van der Waals surface area contributed by atoms with Crippen LogP contribution in [0.5, 0.6) is 0 Å². The third kappa shape index (κ3) is 6.77. The van der Waals surface area contributed by atoms with Crippen LogP contribution < -0.4 is 16.8 Å².